The van der Waals surface area contributed by atoms with Crippen LogP contribution >= 0.6 is 0 Å². The van der Waals surface area contributed by atoms with E-state index in [1.54, 1.807) is 12.2 Å². The summed E-state index contributed by atoms with van der Waals surface area (Å²) in [6.45, 7) is 40.8. The van der Waals surface area contributed by atoms with E-state index in [2.05, 4.69) is 53.2 Å². The van der Waals surface area contributed by atoms with Gasteiger partial charge in [-0.15, -0.1) is 19.7 Å². The summed E-state index contributed by atoms with van der Waals surface area (Å²) in [6.07, 6.45) is 15.4. The van der Waals surface area contributed by atoms with Crippen LogP contribution in [-0.2, 0) is 0 Å². The lowest BCUT2D eigenvalue weighted by Crippen LogP contribution is -2.30. The zero-order valence-electron chi connectivity index (χ0n) is 27.7. The van der Waals surface area contributed by atoms with E-state index in [-0.39, 0.29) is 11.8 Å². The lowest BCUT2D eigenvalue weighted by atomic mass is 9.63. The first kappa shape index (κ1) is 45.5. The molecule has 1 aliphatic carbocycles. The Hall–Kier alpha value is -1.44. The molecule has 0 atom stereocenters. The van der Waals surface area contributed by atoms with E-state index < -0.39 is 5.92 Å². The number of rotatable bonds is 9. The van der Waals surface area contributed by atoms with Gasteiger partial charge in [0.25, 0.3) is 0 Å². The fraction of sp³-hybridized carbons (Fsp3) is 0.714. The van der Waals surface area contributed by atoms with Gasteiger partial charge in [0, 0.05) is 6.42 Å². The summed E-state index contributed by atoms with van der Waals surface area (Å²) in [4.78, 5) is 0. The van der Waals surface area contributed by atoms with Gasteiger partial charge in [-0.3, -0.25) is 0 Å². The van der Waals surface area contributed by atoms with Crippen molar-refractivity contribution in [1.82, 2.24) is 0 Å². The second kappa shape index (κ2) is 27.6. The van der Waals surface area contributed by atoms with Crippen molar-refractivity contribution in [2.75, 3.05) is 0 Å². The molecule has 0 aromatic heterocycles. The van der Waals surface area contributed by atoms with Gasteiger partial charge in [0.15, 0.2) is 0 Å². The molecule has 1 fully saturated rings. The molecule has 37 heavy (non-hydrogen) atoms. The number of allylic oxidation sites excluding steroid dienone is 6. The molecule has 0 radical (unpaired) electrons. The minimum absolute atomic E-state index is 0.115. The molecule has 2 heteroatoms. The monoisotopic (exact) mass is 527 g/mol. The van der Waals surface area contributed by atoms with E-state index >= 15 is 0 Å². The van der Waals surface area contributed by atoms with Gasteiger partial charge in [-0.05, 0) is 77.6 Å². The highest BCUT2D eigenvalue weighted by Gasteiger charge is 2.36. The van der Waals surface area contributed by atoms with Crippen molar-refractivity contribution in [3.05, 3.63) is 61.3 Å². The van der Waals surface area contributed by atoms with Crippen LogP contribution in [0.15, 0.2) is 61.3 Å². The fourth-order valence-corrected chi connectivity index (χ4v) is 4.10. The zero-order chi connectivity index (χ0) is 30.7. The van der Waals surface area contributed by atoms with Gasteiger partial charge in [0.05, 0.1) is 0 Å². The highest BCUT2D eigenvalue weighted by atomic mass is 19.3. The Labute approximate surface area is 234 Å². The summed E-state index contributed by atoms with van der Waals surface area (Å²) in [5.41, 5.74) is 4.06. The van der Waals surface area contributed by atoms with Crippen LogP contribution in [0.4, 0.5) is 8.78 Å². The van der Waals surface area contributed by atoms with Crippen LogP contribution in [0.3, 0.4) is 0 Å². The highest BCUT2D eigenvalue weighted by molar-refractivity contribution is 5.13. The second-order valence-electron chi connectivity index (χ2n) is 10.5. The van der Waals surface area contributed by atoms with Crippen molar-refractivity contribution < 1.29 is 8.78 Å². The average Bonchev–Trinajstić information content (AvgIpc) is 2.81. The van der Waals surface area contributed by atoms with Crippen LogP contribution in [0, 0.1) is 10.8 Å². The van der Waals surface area contributed by atoms with Crippen molar-refractivity contribution in [2.24, 2.45) is 10.8 Å². The predicted octanol–water partition coefficient (Wildman–Crippen LogP) is 13.7. The van der Waals surface area contributed by atoms with E-state index in [9.17, 15) is 8.78 Å². The Morgan fingerprint density at radius 3 is 1.54 bits per heavy atom. The molecule has 222 valence electrons. The standard InChI is InChI=1S/C16H28.C9H14F2.C4H8.3C2H6/c1-6-15(4,5)13-16(12-14(2)3)10-8-7-9-11-16;1-4-5-8(2)6-7-9(3,10)11;1-4(2)3;3*1-2/h6H,1-2,7-13H2,3-5H3;4-5H,2,6-7H2,1,3H3;1H2,2-3H3;3*1-2H3/b;5-4+;;;;. The smallest absolute Gasteiger partial charge is 0.207 e. The van der Waals surface area contributed by atoms with Crippen molar-refractivity contribution in [3.8, 4) is 0 Å². The van der Waals surface area contributed by atoms with E-state index in [1.165, 1.54) is 56.1 Å². The molecule has 0 aromatic carbocycles. The van der Waals surface area contributed by atoms with Crippen molar-refractivity contribution in [1.29, 1.82) is 0 Å². The third-order valence-corrected chi connectivity index (χ3v) is 5.26. The quantitative estimate of drug-likeness (QED) is 0.207. The molecule has 0 bridgehead atoms. The van der Waals surface area contributed by atoms with Crippen LogP contribution in [0.2, 0.25) is 0 Å². The van der Waals surface area contributed by atoms with Crippen molar-refractivity contribution in [3.63, 3.8) is 0 Å². The molecular formula is C35H68F2. The molecule has 0 unspecified atom stereocenters. The second-order valence-corrected chi connectivity index (χ2v) is 10.5. The van der Waals surface area contributed by atoms with Crippen LogP contribution < -0.4 is 0 Å². The highest BCUT2D eigenvalue weighted by Crippen LogP contribution is 2.48. The molecule has 1 saturated carbocycles. The molecule has 0 aliphatic heterocycles. The summed E-state index contributed by atoms with van der Waals surface area (Å²) in [6, 6.07) is 0. The van der Waals surface area contributed by atoms with Gasteiger partial charge in [-0.1, -0.05) is 116 Å². The molecule has 0 nitrogen and oxygen atoms in total. The van der Waals surface area contributed by atoms with E-state index in [4.69, 9.17) is 0 Å². The number of halogens is 2. The lowest BCUT2D eigenvalue weighted by Gasteiger charge is -2.42. The van der Waals surface area contributed by atoms with E-state index in [1.807, 2.05) is 62.3 Å². The van der Waals surface area contributed by atoms with Gasteiger partial charge in [0.1, 0.15) is 0 Å². The molecule has 1 rings (SSSR count). The van der Waals surface area contributed by atoms with Gasteiger partial charge >= 0.3 is 0 Å². The minimum atomic E-state index is -2.56. The summed E-state index contributed by atoms with van der Waals surface area (Å²) in [7, 11) is 0. The number of alkyl halides is 2. The van der Waals surface area contributed by atoms with E-state index in [0.717, 1.165) is 12.5 Å². The Kier molecular flexibility index (Phi) is 33.9. The first-order valence-electron chi connectivity index (χ1n) is 14.7. The predicted molar refractivity (Wildman–Crippen MR) is 172 cm³/mol. The Morgan fingerprint density at radius 2 is 1.24 bits per heavy atom. The van der Waals surface area contributed by atoms with Crippen molar-refractivity contribution >= 4 is 0 Å². The molecule has 0 heterocycles. The maximum Gasteiger partial charge on any atom is 0.245 e. The first-order valence-corrected chi connectivity index (χ1v) is 14.7. The van der Waals surface area contributed by atoms with Crippen LogP contribution in [0.25, 0.3) is 0 Å². The van der Waals surface area contributed by atoms with Crippen LogP contribution in [0.5, 0.6) is 0 Å². The molecule has 0 saturated heterocycles. The summed E-state index contributed by atoms with van der Waals surface area (Å²) >= 11 is 0. The molecule has 1 aliphatic rings. The van der Waals surface area contributed by atoms with Gasteiger partial charge < -0.3 is 0 Å². The molecular weight excluding hydrogens is 458 g/mol. The lowest BCUT2D eigenvalue weighted by molar-refractivity contribution is 0.0135. The minimum Gasteiger partial charge on any atom is -0.207 e. The average molecular weight is 527 g/mol. The molecule has 0 amide bonds. The Balaban J connectivity index is -0.000000141. The van der Waals surface area contributed by atoms with Gasteiger partial charge in [-0.2, -0.15) is 0 Å². The molecule has 0 N–H and O–H groups in total. The molecule has 0 spiro atoms. The van der Waals surface area contributed by atoms with Crippen LogP contribution in [0.1, 0.15) is 148 Å². The maximum atomic E-state index is 12.3. The van der Waals surface area contributed by atoms with Crippen molar-refractivity contribution in [2.45, 2.75) is 154 Å². The third-order valence-electron chi connectivity index (χ3n) is 5.26. The van der Waals surface area contributed by atoms with Gasteiger partial charge in [-0.25, -0.2) is 8.78 Å². The Bertz CT molecular complexity index is 575. The van der Waals surface area contributed by atoms with Gasteiger partial charge in [0.2, 0.25) is 5.92 Å². The fourth-order valence-electron chi connectivity index (χ4n) is 4.10. The summed E-state index contributed by atoms with van der Waals surface area (Å²) in [5.74, 6) is -2.56. The Morgan fingerprint density at radius 1 is 0.838 bits per heavy atom. The number of hydrogen-bond donors (Lipinski definition) is 0. The summed E-state index contributed by atoms with van der Waals surface area (Å²) in [5, 5.41) is 0. The summed E-state index contributed by atoms with van der Waals surface area (Å²) < 4.78 is 24.5. The SMILES string of the molecule is C=C(/C=C/C)CCC(C)(F)F.C=C(C)C.C=CC(C)(C)CC1(CC(=C)C)CCCCC1.CC.CC.CC. The third kappa shape index (κ3) is 36.8. The maximum absolute atomic E-state index is 12.3. The zero-order valence-corrected chi connectivity index (χ0v) is 27.7. The molecule has 0 aromatic rings. The largest absolute Gasteiger partial charge is 0.245 e. The topological polar surface area (TPSA) is 0 Å². The number of hydrogen-bond acceptors (Lipinski definition) is 0. The first-order chi connectivity index (χ1) is 17.1. The van der Waals surface area contributed by atoms with Crippen LogP contribution in [-0.4, -0.2) is 5.92 Å². The van der Waals surface area contributed by atoms with E-state index in [0.29, 0.717) is 11.8 Å². The normalized spacial score (nSPS) is 13.7.